The van der Waals surface area contributed by atoms with Gasteiger partial charge in [0.15, 0.2) is 0 Å². The predicted molar refractivity (Wildman–Crippen MR) is 114 cm³/mol. The Kier molecular flexibility index (Phi) is 6.09. The molecule has 0 atom stereocenters. The summed E-state index contributed by atoms with van der Waals surface area (Å²) in [6.07, 6.45) is 3.11. The fourth-order valence-electron chi connectivity index (χ4n) is 3.67. The van der Waals surface area contributed by atoms with Crippen LogP contribution >= 0.6 is 0 Å². The number of benzene rings is 3. The minimum absolute atomic E-state index is 0.256. The van der Waals surface area contributed by atoms with Crippen molar-refractivity contribution >= 4 is 10.0 Å². The van der Waals surface area contributed by atoms with E-state index in [0.717, 1.165) is 41.5 Å². The molecule has 3 aromatic carbocycles. The smallest absolute Gasteiger partial charge is 0.240 e. The van der Waals surface area contributed by atoms with Crippen LogP contribution in [0.5, 0.6) is 0 Å². The lowest BCUT2D eigenvalue weighted by atomic mass is 10.1. The van der Waals surface area contributed by atoms with Gasteiger partial charge >= 0.3 is 0 Å². The normalized spacial score (nSPS) is 13.4. The predicted octanol–water partition coefficient (Wildman–Crippen LogP) is 4.37. The zero-order valence-corrected chi connectivity index (χ0v) is 17.1. The summed E-state index contributed by atoms with van der Waals surface area (Å²) in [5, 5.41) is 0. The third kappa shape index (κ3) is 5.12. The summed E-state index contributed by atoms with van der Waals surface area (Å²) in [4.78, 5) is 0.348. The summed E-state index contributed by atoms with van der Waals surface area (Å²) < 4.78 is 33.9. The lowest BCUT2D eigenvalue weighted by Gasteiger charge is -2.10. The van der Waals surface area contributed by atoms with Crippen LogP contribution in [0.3, 0.4) is 0 Å². The molecule has 0 spiro atoms. The van der Waals surface area contributed by atoms with Crippen molar-refractivity contribution in [3.05, 3.63) is 101 Å². The number of fused-ring (bicyclic) bond motifs is 1. The van der Waals surface area contributed by atoms with Crippen LogP contribution in [-0.4, -0.2) is 8.42 Å². The fraction of sp³-hybridized carbons (Fsp3) is 0.250. The summed E-state index contributed by atoms with van der Waals surface area (Å²) in [5.41, 5.74) is 5.49. The van der Waals surface area contributed by atoms with Gasteiger partial charge in [-0.25, -0.2) is 13.1 Å². The zero-order chi connectivity index (χ0) is 20.1. The molecule has 1 N–H and O–H groups in total. The molecule has 0 aliphatic heterocycles. The molecule has 4 nitrogen and oxygen atoms in total. The first-order valence-electron chi connectivity index (χ1n) is 9.91. The first kappa shape index (κ1) is 19.8. The molecular weight excluding hydrogens is 382 g/mol. The number of aryl methyl sites for hydroxylation is 2. The Hall–Kier alpha value is -2.47. The highest BCUT2D eigenvalue weighted by molar-refractivity contribution is 7.89. The highest BCUT2D eigenvalue weighted by Gasteiger charge is 2.18. The van der Waals surface area contributed by atoms with Gasteiger partial charge in [0.2, 0.25) is 10.0 Å². The topological polar surface area (TPSA) is 55.4 Å². The molecule has 0 radical (unpaired) electrons. The second kappa shape index (κ2) is 8.91. The quantitative estimate of drug-likeness (QED) is 0.603. The molecule has 150 valence electrons. The average Bonchev–Trinajstić information content (AvgIpc) is 3.21. The molecule has 4 rings (SSSR count). The number of ether oxygens (including phenoxy) is 1. The van der Waals surface area contributed by atoms with Gasteiger partial charge in [-0.15, -0.1) is 0 Å². The van der Waals surface area contributed by atoms with Crippen LogP contribution in [0.15, 0.2) is 77.7 Å². The minimum Gasteiger partial charge on any atom is -0.372 e. The van der Waals surface area contributed by atoms with E-state index in [9.17, 15) is 8.42 Å². The molecule has 0 bridgehead atoms. The van der Waals surface area contributed by atoms with Gasteiger partial charge in [-0.1, -0.05) is 60.7 Å². The third-order valence-corrected chi connectivity index (χ3v) is 6.62. The molecule has 0 unspecified atom stereocenters. The molecule has 0 heterocycles. The Labute approximate surface area is 172 Å². The van der Waals surface area contributed by atoms with Gasteiger partial charge in [-0.3, -0.25) is 0 Å². The van der Waals surface area contributed by atoms with Gasteiger partial charge in [-0.05, 0) is 59.2 Å². The highest BCUT2D eigenvalue weighted by atomic mass is 32.2. The number of nitrogens with one attached hydrogen (secondary N) is 1. The maximum Gasteiger partial charge on any atom is 0.240 e. The molecule has 1 aliphatic carbocycles. The second-order valence-electron chi connectivity index (χ2n) is 7.41. The molecule has 0 aromatic heterocycles. The number of hydrogen-bond donors (Lipinski definition) is 1. The summed E-state index contributed by atoms with van der Waals surface area (Å²) in [7, 11) is -3.53. The highest BCUT2D eigenvalue weighted by Crippen LogP contribution is 2.24. The van der Waals surface area contributed by atoms with Crippen molar-refractivity contribution in [2.75, 3.05) is 0 Å². The van der Waals surface area contributed by atoms with Gasteiger partial charge < -0.3 is 4.74 Å². The van der Waals surface area contributed by atoms with E-state index in [-0.39, 0.29) is 6.54 Å². The molecule has 1 aliphatic rings. The lowest BCUT2D eigenvalue weighted by molar-refractivity contribution is 0.107. The number of rotatable bonds is 8. The molecule has 5 heteroatoms. The third-order valence-electron chi connectivity index (χ3n) is 5.22. The Bertz CT molecular complexity index is 1080. The Morgan fingerprint density at radius 2 is 1.48 bits per heavy atom. The van der Waals surface area contributed by atoms with Gasteiger partial charge in [0.25, 0.3) is 0 Å². The van der Waals surface area contributed by atoms with Crippen LogP contribution < -0.4 is 4.72 Å². The van der Waals surface area contributed by atoms with Crippen LogP contribution in [0.2, 0.25) is 0 Å². The first-order valence-corrected chi connectivity index (χ1v) is 11.4. The van der Waals surface area contributed by atoms with Crippen molar-refractivity contribution < 1.29 is 13.2 Å². The SMILES string of the molecule is O=S(=O)(NCc1cccc(COCc2ccccc2)c1)c1ccc2c(c1)CCC2. The van der Waals surface area contributed by atoms with Crippen molar-refractivity contribution in [2.24, 2.45) is 0 Å². The van der Waals surface area contributed by atoms with Crippen LogP contribution in [0.1, 0.15) is 34.2 Å². The molecule has 29 heavy (non-hydrogen) atoms. The van der Waals surface area contributed by atoms with E-state index in [0.29, 0.717) is 18.1 Å². The summed E-state index contributed by atoms with van der Waals surface area (Å²) in [6.45, 7) is 1.29. The Morgan fingerprint density at radius 3 is 2.34 bits per heavy atom. The van der Waals surface area contributed by atoms with Gasteiger partial charge in [0.05, 0.1) is 18.1 Å². The Balaban J connectivity index is 1.35. The second-order valence-corrected chi connectivity index (χ2v) is 9.17. The standard InChI is InChI=1S/C24H25NO3S/c26-29(27,24-13-12-22-10-5-11-23(22)15-24)25-16-20-8-4-9-21(14-20)18-28-17-19-6-2-1-3-7-19/h1-4,6-9,12-15,25H,5,10-11,16-18H2. The van der Waals surface area contributed by atoms with Crippen LogP contribution in [0, 0.1) is 0 Å². The van der Waals surface area contributed by atoms with E-state index in [1.54, 1.807) is 6.07 Å². The molecule has 0 fully saturated rings. The van der Waals surface area contributed by atoms with Crippen molar-refractivity contribution in [3.8, 4) is 0 Å². The number of sulfonamides is 1. The van der Waals surface area contributed by atoms with Gasteiger partial charge in [-0.2, -0.15) is 0 Å². The van der Waals surface area contributed by atoms with Crippen LogP contribution in [0.4, 0.5) is 0 Å². The van der Waals surface area contributed by atoms with E-state index in [1.807, 2.05) is 66.7 Å². The lowest BCUT2D eigenvalue weighted by Crippen LogP contribution is -2.23. The molecule has 3 aromatic rings. The van der Waals surface area contributed by atoms with Crippen LogP contribution in [0.25, 0.3) is 0 Å². The summed E-state index contributed by atoms with van der Waals surface area (Å²) >= 11 is 0. The molecule has 0 amide bonds. The van der Waals surface area contributed by atoms with E-state index < -0.39 is 10.0 Å². The first-order chi connectivity index (χ1) is 14.1. The Morgan fingerprint density at radius 1 is 0.759 bits per heavy atom. The van der Waals surface area contributed by atoms with Crippen molar-refractivity contribution in [3.63, 3.8) is 0 Å². The molecule has 0 saturated carbocycles. The zero-order valence-electron chi connectivity index (χ0n) is 16.3. The van der Waals surface area contributed by atoms with Crippen molar-refractivity contribution in [1.29, 1.82) is 0 Å². The molecule has 0 saturated heterocycles. The van der Waals surface area contributed by atoms with Gasteiger partial charge in [0.1, 0.15) is 0 Å². The fourth-order valence-corrected chi connectivity index (χ4v) is 4.74. The average molecular weight is 408 g/mol. The van der Waals surface area contributed by atoms with Crippen LogP contribution in [-0.2, 0) is 47.4 Å². The van der Waals surface area contributed by atoms with E-state index in [2.05, 4.69) is 4.72 Å². The van der Waals surface area contributed by atoms with Crippen molar-refractivity contribution in [1.82, 2.24) is 4.72 Å². The molecular formula is C24H25NO3S. The summed E-state index contributed by atoms with van der Waals surface area (Å²) in [5.74, 6) is 0. The van der Waals surface area contributed by atoms with Gasteiger partial charge in [0, 0.05) is 6.54 Å². The van der Waals surface area contributed by atoms with E-state index in [1.165, 1.54) is 5.56 Å². The number of hydrogen-bond acceptors (Lipinski definition) is 3. The largest absolute Gasteiger partial charge is 0.372 e. The monoisotopic (exact) mass is 407 g/mol. The summed E-state index contributed by atoms with van der Waals surface area (Å²) in [6, 6.07) is 23.3. The maximum atomic E-state index is 12.7. The van der Waals surface area contributed by atoms with Crippen molar-refractivity contribution in [2.45, 2.75) is 43.9 Å². The minimum atomic E-state index is -3.53. The maximum absolute atomic E-state index is 12.7. The van der Waals surface area contributed by atoms with E-state index in [4.69, 9.17) is 4.74 Å². The van der Waals surface area contributed by atoms with E-state index >= 15 is 0 Å².